The van der Waals surface area contributed by atoms with Crippen LogP contribution in [0.3, 0.4) is 0 Å². The van der Waals surface area contributed by atoms with Crippen LogP contribution in [-0.4, -0.2) is 35.7 Å². The third-order valence-corrected chi connectivity index (χ3v) is 7.43. The first kappa shape index (κ1) is 25.6. The number of carbonyl (C=O) groups is 1. The molecule has 1 unspecified atom stereocenters. The Bertz CT molecular complexity index is 1280. The molecule has 0 radical (unpaired) electrons. The number of nitrogens with zero attached hydrogens (tertiary/aromatic N) is 2. The van der Waals surface area contributed by atoms with Gasteiger partial charge in [0.05, 0.1) is 5.71 Å². The number of dihydropyridines is 1. The van der Waals surface area contributed by atoms with Gasteiger partial charge >= 0.3 is 0 Å². The Balaban J connectivity index is 1.48. The number of piperidine rings is 1. The average molecular weight is 486 g/mol. The Hall–Kier alpha value is -3.47. The summed E-state index contributed by atoms with van der Waals surface area (Å²) in [6.07, 6.45) is 4.30. The predicted molar refractivity (Wildman–Crippen MR) is 146 cm³/mol. The van der Waals surface area contributed by atoms with Crippen LogP contribution in [-0.2, 0) is 0 Å². The highest BCUT2D eigenvalue weighted by molar-refractivity contribution is 6.14. The lowest BCUT2D eigenvalue weighted by Crippen LogP contribution is -2.45. The van der Waals surface area contributed by atoms with Crippen LogP contribution in [0.15, 0.2) is 82.7 Å². The lowest BCUT2D eigenvalue weighted by Gasteiger charge is -2.37. The molecule has 36 heavy (non-hydrogen) atoms. The van der Waals surface area contributed by atoms with Gasteiger partial charge in [-0.2, -0.15) is 0 Å². The maximum atomic E-state index is 13.9. The summed E-state index contributed by atoms with van der Waals surface area (Å²) < 4.78 is 13.9. The van der Waals surface area contributed by atoms with Crippen molar-refractivity contribution >= 4 is 11.6 Å². The van der Waals surface area contributed by atoms with Gasteiger partial charge in [0, 0.05) is 47.2 Å². The van der Waals surface area contributed by atoms with Gasteiger partial charge in [0.15, 0.2) is 0 Å². The summed E-state index contributed by atoms with van der Waals surface area (Å²) in [4.78, 5) is 19.9. The van der Waals surface area contributed by atoms with E-state index in [2.05, 4.69) is 43.7 Å². The van der Waals surface area contributed by atoms with E-state index in [1.807, 2.05) is 43.0 Å². The number of aryl methyl sites for hydroxylation is 1. The van der Waals surface area contributed by atoms with Crippen LogP contribution in [0.1, 0.15) is 67.6 Å². The van der Waals surface area contributed by atoms with Crippen molar-refractivity contribution in [2.45, 2.75) is 53.5 Å². The van der Waals surface area contributed by atoms with Crippen molar-refractivity contribution < 1.29 is 9.18 Å². The van der Waals surface area contributed by atoms with Crippen LogP contribution in [0.25, 0.3) is 0 Å². The number of halogens is 1. The predicted octanol–water partition coefficient (Wildman–Crippen LogP) is 6.57. The maximum absolute atomic E-state index is 13.9. The minimum Gasteiger partial charge on any atom is -0.382 e. The molecule has 2 aromatic carbocycles. The third kappa shape index (κ3) is 5.51. The lowest BCUT2D eigenvalue weighted by atomic mass is 9.85. The molecular formula is C31H36FN3O. The first-order valence-electron chi connectivity index (χ1n) is 12.7. The molecule has 1 atom stereocenters. The Labute approximate surface area is 214 Å². The van der Waals surface area contributed by atoms with E-state index >= 15 is 0 Å². The van der Waals surface area contributed by atoms with Crippen LogP contribution in [0.4, 0.5) is 4.39 Å². The molecular weight excluding hydrogens is 449 g/mol. The number of allylic oxidation sites excluding steroid dienone is 4. The lowest BCUT2D eigenvalue weighted by molar-refractivity contribution is 0.0680. The van der Waals surface area contributed by atoms with E-state index in [-0.39, 0.29) is 11.7 Å². The Morgan fingerprint density at radius 1 is 1.06 bits per heavy atom. The van der Waals surface area contributed by atoms with Gasteiger partial charge in [-0.05, 0) is 94.4 Å². The zero-order valence-electron chi connectivity index (χ0n) is 22.0. The standard InChI is InChI=1S/C31H36FN3O/c1-19(2)33-30(25-8-7-9-27(32)18-25)28-11-10-26(16-21(28)4)31(36)35-14-12-24(13-15-35)29-17-20(3)22(5)23(6)34-29/h7-11,16-18,24,29,34H,1,12-15H2,2-6H3. The molecule has 2 aliphatic rings. The summed E-state index contributed by atoms with van der Waals surface area (Å²) in [6.45, 7) is 15.7. The van der Waals surface area contributed by atoms with E-state index in [1.165, 1.54) is 29.0 Å². The van der Waals surface area contributed by atoms with Crippen molar-refractivity contribution in [2.75, 3.05) is 13.1 Å². The number of rotatable bonds is 5. The van der Waals surface area contributed by atoms with E-state index in [1.54, 1.807) is 6.07 Å². The smallest absolute Gasteiger partial charge is 0.253 e. The van der Waals surface area contributed by atoms with Crippen LogP contribution in [0.2, 0.25) is 0 Å². The molecule has 2 heterocycles. The van der Waals surface area contributed by atoms with Crippen LogP contribution in [0.5, 0.6) is 0 Å². The molecule has 0 bridgehead atoms. The number of amides is 1. The highest BCUT2D eigenvalue weighted by atomic mass is 19.1. The van der Waals surface area contributed by atoms with Gasteiger partial charge in [0.2, 0.25) is 0 Å². The Morgan fingerprint density at radius 3 is 2.39 bits per heavy atom. The molecule has 1 fully saturated rings. The first-order chi connectivity index (χ1) is 17.1. The summed E-state index contributed by atoms with van der Waals surface area (Å²) in [5.41, 5.74) is 8.35. The number of likely N-dealkylation sites (tertiary alicyclic amines) is 1. The molecule has 5 heteroatoms. The van der Waals surface area contributed by atoms with E-state index < -0.39 is 0 Å². The van der Waals surface area contributed by atoms with Crippen molar-refractivity contribution in [3.05, 3.63) is 106 Å². The second-order valence-electron chi connectivity index (χ2n) is 10.1. The number of carbonyl (C=O) groups excluding carboxylic acids is 1. The van der Waals surface area contributed by atoms with Crippen LogP contribution >= 0.6 is 0 Å². The largest absolute Gasteiger partial charge is 0.382 e. The van der Waals surface area contributed by atoms with Gasteiger partial charge in [0.25, 0.3) is 5.91 Å². The van der Waals surface area contributed by atoms with Crippen molar-refractivity contribution in [2.24, 2.45) is 10.9 Å². The quantitative estimate of drug-likeness (QED) is 0.487. The fraction of sp³-hybridized carbons (Fsp3) is 0.355. The van der Waals surface area contributed by atoms with E-state index in [4.69, 9.17) is 0 Å². The average Bonchev–Trinajstić information content (AvgIpc) is 2.85. The molecule has 4 rings (SSSR count). The molecule has 0 saturated carbocycles. The molecule has 2 aromatic rings. The first-order valence-corrected chi connectivity index (χ1v) is 12.7. The summed E-state index contributed by atoms with van der Waals surface area (Å²) in [5, 5.41) is 3.66. The second kappa shape index (κ2) is 10.7. The van der Waals surface area contributed by atoms with E-state index in [0.29, 0.717) is 34.5 Å². The molecule has 1 saturated heterocycles. The van der Waals surface area contributed by atoms with Crippen LogP contribution < -0.4 is 5.32 Å². The monoisotopic (exact) mass is 485 g/mol. The fourth-order valence-electron chi connectivity index (χ4n) is 5.16. The van der Waals surface area contributed by atoms with E-state index in [9.17, 15) is 9.18 Å². The Kier molecular flexibility index (Phi) is 7.58. The normalized spacial score (nSPS) is 19.2. The molecule has 1 amide bonds. The number of hydrogen-bond donors (Lipinski definition) is 1. The number of nitrogens with one attached hydrogen (secondary N) is 1. The highest BCUT2D eigenvalue weighted by Gasteiger charge is 2.30. The fourth-order valence-corrected chi connectivity index (χ4v) is 5.16. The topological polar surface area (TPSA) is 44.7 Å². The van der Waals surface area contributed by atoms with Crippen molar-refractivity contribution in [3.63, 3.8) is 0 Å². The molecule has 0 spiro atoms. The van der Waals surface area contributed by atoms with Gasteiger partial charge < -0.3 is 10.2 Å². The van der Waals surface area contributed by atoms with E-state index in [0.717, 1.165) is 37.1 Å². The highest BCUT2D eigenvalue weighted by Crippen LogP contribution is 2.29. The van der Waals surface area contributed by atoms with Gasteiger partial charge in [-0.3, -0.25) is 9.79 Å². The van der Waals surface area contributed by atoms with Gasteiger partial charge in [-0.15, -0.1) is 0 Å². The molecule has 0 aromatic heterocycles. The molecule has 4 nitrogen and oxygen atoms in total. The number of hydrogen-bond acceptors (Lipinski definition) is 3. The van der Waals surface area contributed by atoms with Crippen molar-refractivity contribution in [3.8, 4) is 0 Å². The summed E-state index contributed by atoms with van der Waals surface area (Å²) in [5.74, 6) is 0.260. The summed E-state index contributed by atoms with van der Waals surface area (Å²) >= 11 is 0. The zero-order valence-corrected chi connectivity index (χ0v) is 22.0. The van der Waals surface area contributed by atoms with Crippen LogP contribution in [0, 0.1) is 18.7 Å². The zero-order chi connectivity index (χ0) is 26.0. The summed E-state index contributed by atoms with van der Waals surface area (Å²) in [7, 11) is 0. The SMILES string of the molecule is C=C(C)N=C(c1cccc(F)c1)c1ccc(C(=O)N2CCC(C3C=C(C)C(C)=C(C)N3)CC2)cc1C. The van der Waals surface area contributed by atoms with Crippen molar-refractivity contribution in [1.82, 2.24) is 10.2 Å². The molecule has 0 aliphatic carbocycles. The number of aliphatic imine (C=N–C) groups is 1. The second-order valence-corrected chi connectivity index (χ2v) is 10.1. The molecule has 1 N–H and O–H groups in total. The van der Waals surface area contributed by atoms with Crippen molar-refractivity contribution in [1.29, 1.82) is 0 Å². The minimum atomic E-state index is -0.315. The van der Waals surface area contributed by atoms with Gasteiger partial charge in [-0.1, -0.05) is 30.9 Å². The Morgan fingerprint density at radius 2 is 1.78 bits per heavy atom. The summed E-state index contributed by atoms with van der Waals surface area (Å²) in [6, 6.07) is 12.4. The van der Waals surface area contributed by atoms with Gasteiger partial charge in [-0.25, -0.2) is 4.39 Å². The maximum Gasteiger partial charge on any atom is 0.253 e. The number of benzene rings is 2. The third-order valence-electron chi connectivity index (χ3n) is 7.43. The minimum absolute atomic E-state index is 0.0579. The van der Waals surface area contributed by atoms with Gasteiger partial charge in [0.1, 0.15) is 5.82 Å². The molecule has 188 valence electrons. The molecule has 2 aliphatic heterocycles.